The number of hydrogen-bond donors (Lipinski definition) is 2. The second-order valence-electron chi connectivity index (χ2n) is 2.10. The molecule has 0 radical (unpaired) electrons. The van der Waals surface area contributed by atoms with Gasteiger partial charge in [0, 0.05) is 26.2 Å². The zero-order chi connectivity index (χ0) is 5.98. The molecule has 10 heavy (non-hydrogen) atoms. The van der Waals surface area contributed by atoms with E-state index in [9.17, 15) is 0 Å². The van der Waals surface area contributed by atoms with E-state index in [1.807, 2.05) is 0 Å². The Morgan fingerprint density at radius 2 is 2.00 bits per heavy atom. The lowest BCUT2D eigenvalue weighted by Crippen LogP contribution is -2.34. The molecule has 2 atom stereocenters. The first-order valence-electron chi connectivity index (χ1n) is 2.83. The molecular weight excluding hydrogens is 175 g/mol. The van der Waals surface area contributed by atoms with Crippen LogP contribution < -0.4 is 11.1 Å². The second kappa shape index (κ2) is 6.19. The Bertz CT molecular complexity index is 84.0. The van der Waals surface area contributed by atoms with Crippen molar-refractivity contribution in [3.63, 3.8) is 0 Å². The van der Waals surface area contributed by atoms with Crippen molar-refractivity contribution >= 4 is 24.8 Å². The summed E-state index contributed by atoms with van der Waals surface area (Å²) in [6, 6.07) is 0.194. The maximum absolute atomic E-state index is 5.60. The van der Waals surface area contributed by atoms with Crippen molar-refractivity contribution < 1.29 is 4.74 Å². The lowest BCUT2D eigenvalue weighted by molar-refractivity contribution is 0.107. The Morgan fingerprint density at radius 1 is 1.40 bits per heavy atom. The molecule has 3 nitrogen and oxygen atoms in total. The first-order valence-corrected chi connectivity index (χ1v) is 2.83. The molecule has 5 heteroatoms. The summed E-state index contributed by atoms with van der Waals surface area (Å²) in [6.45, 7) is 1.79. The zero-order valence-corrected chi connectivity index (χ0v) is 7.50. The zero-order valence-electron chi connectivity index (χ0n) is 5.87. The molecule has 1 heterocycles. The summed E-state index contributed by atoms with van der Waals surface area (Å²) in [5, 5.41) is 3.12. The fourth-order valence-electron chi connectivity index (χ4n) is 0.933. The van der Waals surface area contributed by atoms with Crippen LogP contribution in [0.2, 0.25) is 0 Å². The molecular formula is C5H14Cl2N2O. The monoisotopic (exact) mass is 188 g/mol. The van der Waals surface area contributed by atoms with E-state index in [1.165, 1.54) is 0 Å². The van der Waals surface area contributed by atoms with Crippen LogP contribution in [0.1, 0.15) is 0 Å². The summed E-state index contributed by atoms with van der Waals surface area (Å²) in [5.74, 6) is 0. The molecule has 0 spiro atoms. The molecule has 1 aliphatic heterocycles. The molecule has 0 saturated carbocycles. The number of nitrogens with one attached hydrogen (secondary N) is 1. The van der Waals surface area contributed by atoms with Gasteiger partial charge in [0.15, 0.2) is 0 Å². The summed E-state index contributed by atoms with van der Waals surface area (Å²) < 4.78 is 5.04. The van der Waals surface area contributed by atoms with E-state index in [0.717, 1.165) is 13.1 Å². The van der Waals surface area contributed by atoms with E-state index >= 15 is 0 Å². The third kappa shape index (κ3) is 3.03. The lowest BCUT2D eigenvalue weighted by atomic mass is 10.2. The van der Waals surface area contributed by atoms with Crippen LogP contribution in [0.25, 0.3) is 0 Å². The van der Waals surface area contributed by atoms with Crippen molar-refractivity contribution in [2.45, 2.75) is 12.1 Å². The third-order valence-corrected chi connectivity index (χ3v) is 1.51. The van der Waals surface area contributed by atoms with Crippen molar-refractivity contribution in [2.24, 2.45) is 5.73 Å². The quantitative estimate of drug-likeness (QED) is 0.599. The summed E-state index contributed by atoms with van der Waals surface area (Å²) in [5.41, 5.74) is 5.60. The molecule has 3 N–H and O–H groups in total. The van der Waals surface area contributed by atoms with Gasteiger partial charge in [-0.2, -0.15) is 0 Å². The number of nitrogens with two attached hydrogens (primary N) is 1. The van der Waals surface area contributed by atoms with Crippen molar-refractivity contribution in [2.75, 3.05) is 20.2 Å². The van der Waals surface area contributed by atoms with Crippen LogP contribution in [0.5, 0.6) is 0 Å². The minimum Gasteiger partial charge on any atom is -0.378 e. The van der Waals surface area contributed by atoms with Crippen molar-refractivity contribution in [3.8, 4) is 0 Å². The maximum Gasteiger partial charge on any atom is 0.0858 e. The molecule has 0 unspecified atom stereocenters. The molecule has 0 aliphatic carbocycles. The highest BCUT2D eigenvalue weighted by Gasteiger charge is 2.22. The molecule has 0 aromatic carbocycles. The summed E-state index contributed by atoms with van der Waals surface area (Å²) in [4.78, 5) is 0. The van der Waals surface area contributed by atoms with Gasteiger partial charge in [-0.3, -0.25) is 0 Å². The van der Waals surface area contributed by atoms with Crippen molar-refractivity contribution in [1.29, 1.82) is 0 Å². The van der Waals surface area contributed by atoms with Gasteiger partial charge in [0.2, 0.25) is 0 Å². The summed E-state index contributed by atoms with van der Waals surface area (Å²) in [7, 11) is 1.69. The van der Waals surface area contributed by atoms with E-state index in [1.54, 1.807) is 7.11 Å². The van der Waals surface area contributed by atoms with Gasteiger partial charge in [-0.25, -0.2) is 0 Å². The average Bonchev–Trinajstić information content (AvgIpc) is 2.14. The van der Waals surface area contributed by atoms with Crippen LogP contribution in [-0.2, 0) is 4.74 Å². The minimum absolute atomic E-state index is 0. The van der Waals surface area contributed by atoms with Gasteiger partial charge in [0.05, 0.1) is 6.10 Å². The van der Waals surface area contributed by atoms with Gasteiger partial charge in [0.1, 0.15) is 0 Å². The number of hydrogen-bond acceptors (Lipinski definition) is 3. The van der Waals surface area contributed by atoms with E-state index in [4.69, 9.17) is 10.5 Å². The lowest BCUT2D eigenvalue weighted by Gasteiger charge is -2.10. The maximum atomic E-state index is 5.60. The first-order chi connectivity index (χ1) is 3.84. The molecule has 0 aromatic heterocycles. The van der Waals surface area contributed by atoms with Crippen molar-refractivity contribution in [3.05, 3.63) is 0 Å². The van der Waals surface area contributed by atoms with Crippen LogP contribution in [-0.4, -0.2) is 32.3 Å². The van der Waals surface area contributed by atoms with Crippen molar-refractivity contribution in [1.82, 2.24) is 5.32 Å². The van der Waals surface area contributed by atoms with Gasteiger partial charge in [0.25, 0.3) is 0 Å². The molecule has 1 saturated heterocycles. The molecule has 0 amide bonds. The van der Waals surface area contributed by atoms with Crippen LogP contribution in [0.15, 0.2) is 0 Å². The fraction of sp³-hybridized carbons (Fsp3) is 1.00. The van der Waals surface area contributed by atoms with Gasteiger partial charge >= 0.3 is 0 Å². The Hall–Kier alpha value is 0.460. The Kier molecular flexibility index (Phi) is 8.09. The van der Waals surface area contributed by atoms with Gasteiger partial charge in [-0.15, -0.1) is 24.8 Å². The Labute approximate surface area is 73.5 Å². The normalized spacial score (nSPS) is 30.6. The van der Waals surface area contributed by atoms with Crippen LogP contribution in [0, 0.1) is 0 Å². The molecule has 64 valence electrons. The number of methoxy groups -OCH3 is 1. The van der Waals surface area contributed by atoms with E-state index < -0.39 is 0 Å². The number of rotatable bonds is 1. The first kappa shape index (κ1) is 13.1. The van der Waals surface area contributed by atoms with Crippen LogP contribution in [0.3, 0.4) is 0 Å². The van der Waals surface area contributed by atoms with Gasteiger partial charge < -0.3 is 15.8 Å². The molecule has 0 aromatic rings. The highest BCUT2D eigenvalue weighted by molar-refractivity contribution is 5.85. The fourth-order valence-corrected chi connectivity index (χ4v) is 0.933. The summed E-state index contributed by atoms with van der Waals surface area (Å²) in [6.07, 6.45) is 0.231. The highest BCUT2D eigenvalue weighted by Crippen LogP contribution is 1.98. The third-order valence-electron chi connectivity index (χ3n) is 1.51. The minimum atomic E-state index is 0. The molecule has 1 aliphatic rings. The Balaban J connectivity index is 0. The Morgan fingerprint density at radius 3 is 2.20 bits per heavy atom. The predicted molar refractivity (Wildman–Crippen MR) is 46.1 cm³/mol. The van der Waals surface area contributed by atoms with Gasteiger partial charge in [-0.05, 0) is 0 Å². The van der Waals surface area contributed by atoms with Gasteiger partial charge in [-0.1, -0.05) is 0 Å². The largest absolute Gasteiger partial charge is 0.378 e. The predicted octanol–water partition coefficient (Wildman–Crippen LogP) is -0.224. The van der Waals surface area contributed by atoms with Crippen LogP contribution in [0.4, 0.5) is 0 Å². The topological polar surface area (TPSA) is 47.3 Å². The van der Waals surface area contributed by atoms with Crippen LogP contribution >= 0.6 is 24.8 Å². The molecule has 1 rings (SSSR count). The number of ether oxygens (including phenoxy) is 1. The smallest absolute Gasteiger partial charge is 0.0858 e. The van der Waals surface area contributed by atoms with E-state index in [-0.39, 0.29) is 37.0 Å². The SMILES string of the molecule is CO[C@H]1CNC[C@H]1N.Cl.Cl. The number of halogens is 2. The standard InChI is InChI=1S/C5H12N2O.2ClH/c1-8-5-3-7-2-4(5)6;;/h4-5,7H,2-3,6H2,1H3;2*1H/t4-,5+;;/m1../s1. The highest BCUT2D eigenvalue weighted by atomic mass is 35.5. The van der Waals surface area contributed by atoms with E-state index in [0.29, 0.717) is 0 Å². The van der Waals surface area contributed by atoms with E-state index in [2.05, 4.69) is 5.32 Å². The summed E-state index contributed by atoms with van der Waals surface area (Å²) >= 11 is 0. The second-order valence-corrected chi connectivity index (χ2v) is 2.10. The molecule has 0 bridgehead atoms. The average molecular weight is 189 g/mol. The molecule has 1 fully saturated rings.